The molecule has 1 atom stereocenters. The molecule has 1 aliphatic rings. The van der Waals surface area contributed by atoms with Gasteiger partial charge in [0.2, 0.25) is 0 Å². The molecule has 3 rings (SSSR count). The van der Waals surface area contributed by atoms with E-state index in [1.807, 2.05) is 12.1 Å². The number of hydrogen-bond acceptors (Lipinski definition) is 5. The highest BCUT2D eigenvalue weighted by atomic mass is 79.9. The number of nitrogens with one attached hydrogen (secondary N) is 1. The maximum atomic E-state index is 5.39. The van der Waals surface area contributed by atoms with E-state index in [9.17, 15) is 0 Å². The summed E-state index contributed by atoms with van der Waals surface area (Å²) in [5.74, 6) is 1.44. The van der Waals surface area contributed by atoms with E-state index in [-0.39, 0.29) is 0 Å². The summed E-state index contributed by atoms with van der Waals surface area (Å²) in [7, 11) is 0. The average Bonchev–Trinajstić information content (AvgIpc) is 3.05. The smallest absolute Gasteiger partial charge is 0.188 e. The third-order valence-corrected chi connectivity index (χ3v) is 4.31. The second-order valence-corrected chi connectivity index (χ2v) is 6.34. The summed E-state index contributed by atoms with van der Waals surface area (Å²) >= 11 is 4.99. The fraction of sp³-hybridized carbons (Fsp3) is 0.385. The van der Waals surface area contributed by atoms with Gasteiger partial charge in [0.25, 0.3) is 0 Å². The van der Waals surface area contributed by atoms with Crippen molar-refractivity contribution in [3.05, 3.63) is 33.9 Å². The molecule has 3 heterocycles. The zero-order valence-electron chi connectivity index (χ0n) is 10.3. The summed E-state index contributed by atoms with van der Waals surface area (Å²) < 4.78 is 6.36. The predicted molar refractivity (Wildman–Crippen MR) is 80.0 cm³/mol. The van der Waals surface area contributed by atoms with Gasteiger partial charge in [-0.3, -0.25) is 0 Å². The van der Waals surface area contributed by atoms with Gasteiger partial charge in [-0.15, -0.1) is 11.3 Å². The van der Waals surface area contributed by atoms with E-state index in [1.54, 1.807) is 17.5 Å². The van der Waals surface area contributed by atoms with Gasteiger partial charge in [-0.1, -0.05) is 0 Å². The second kappa shape index (κ2) is 5.98. The molecule has 2 aromatic heterocycles. The molecule has 0 bridgehead atoms. The van der Waals surface area contributed by atoms with E-state index in [2.05, 4.69) is 36.6 Å². The summed E-state index contributed by atoms with van der Waals surface area (Å²) in [6, 6.07) is 3.88. The zero-order valence-corrected chi connectivity index (χ0v) is 12.7. The Kier molecular flexibility index (Phi) is 4.10. The Balaban J connectivity index is 1.62. The SMILES string of the molecule is Brc1ccc(Nc2nc(CC3CCOC3)cs2)nc1. The fourth-order valence-corrected chi connectivity index (χ4v) is 3.02. The van der Waals surface area contributed by atoms with Crippen molar-refractivity contribution in [1.29, 1.82) is 0 Å². The standard InChI is InChI=1S/C13H14BrN3OS/c14-10-1-2-12(15-6-10)17-13-16-11(8-19-13)5-9-3-4-18-7-9/h1-2,6,8-9H,3-5,7H2,(H,15,16,17). The van der Waals surface area contributed by atoms with Crippen LogP contribution in [0, 0.1) is 5.92 Å². The van der Waals surface area contributed by atoms with Gasteiger partial charge in [0.1, 0.15) is 5.82 Å². The molecule has 19 heavy (non-hydrogen) atoms. The number of rotatable bonds is 4. The van der Waals surface area contributed by atoms with Crippen LogP contribution in [0.4, 0.5) is 10.9 Å². The number of anilines is 2. The van der Waals surface area contributed by atoms with Crippen LogP contribution in [-0.2, 0) is 11.2 Å². The van der Waals surface area contributed by atoms with Crippen LogP contribution in [0.1, 0.15) is 12.1 Å². The number of thiazole rings is 1. The molecule has 2 aromatic rings. The molecular weight excluding hydrogens is 326 g/mol. The Morgan fingerprint density at radius 3 is 3.16 bits per heavy atom. The minimum absolute atomic E-state index is 0.626. The summed E-state index contributed by atoms with van der Waals surface area (Å²) in [5.41, 5.74) is 1.14. The normalized spacial score (nSPS) is 18.7. The lowest BCUT2D eigenvalue weighted by atomic mass is 10.0. The lowest BCUT2D eigenvalue weighted by Gasteiger charge is -2.03. The summed E-state index contributed by atoms with van der Waals surface area (Å²) in [5, 5.41) is 6.22. The van der Waals surface area contributed by atoms with Gasteiger partial charge in [-0.2, -0.15) is 0 Å². The highest BCUT2D eigenvalue weighted by Gasteiger charge is 2.17. The topological polar surface area (TPSA) is 47.0 Å². The highest BCUT2D eigenvalue weighted by Crippen LogP contribution is 2.24. The molecule has 1 saturated heterocycles. The maximum Gasteiger partial charge on any atom is 0.188 e. The van der Waals surface area contributed by atoms with Crippen LogP contribution in [-0.4, -0.2) is 23.2 Å². The third kappa shape index (κ3) is 3.52. The van der Waals surface area contributed by atoms with Gasteiger partial charge >= 0.3 is 0 Å². The largest absolute Gasteiger partial charge is 0.381 e. The summed E-state index contributed by atoms with van der Waals surface area (Å²) in [4.78, 5) is 8.87. The predicted octanol–water partition coefficient (Wildman–Crippen LogP) is 3.62. The Hall–Kier alpha value is -0.980. The molecule has 4 nitrogen and oxygen atoms in total. The van der Waals surface area contributed by atoms with Crippen LogP contribution in [0.25, 0.3) is 0 Å². The monoisotopic (exact) mass is 339 g/mol. The van der Waals surface area contributed by atoms with Gasteiger partial charge in [0.15, 0.2) is 5.13 Å². The highest BCUT2D eigenvalue weighted by molar-refractivity contribution is 9.10. The van der Waals surface area contributed by atoms with Crippen LogP contribution < -0.4 is 5.32 Å². The van der Waals surface area contributed by atoms with Crippen molar-refractivity contribution in [1.82, 2.24) is 9.97 Å². The number of pyridine rings is 1. The Morgan fingerprint density at radius 1 is 1.47 bits per heavy atom. The molecule has 0 aromatic carbocycles. The van der Waals surface area contributed by atoms with E-state index < -0.39 is 0 Å². The van der Waals surface area contributed by atoms with Crippen molar-refractivity contribution < 1.29 is 4.74 Å². The van der Waals surface area contributed by atoms with Gasteiger partial charge in [0.05, 0.1) is 5.69 Å². The Labute approximate surface area is 124 Å². The maximum absolute atomic E-state index is 5.39. The third-order valence-electron chi connectivity index (χ3n) is 3.04. The first-order chi connectivity index (χ1) is 9.29. The van der Waals surface area contributed by atoms with Crippen molar-refractivity contribution in [3.63, 3.8) is 0 Å². The van der Waals surface area contributed by atoms with E-state index in [1.165, 1.54) is 0 Å². The van der Waals surface area contributed by atoms with Crippen molar-refractivity contribution in [2.24, 2.45) is 5.92 Å². The number of nitrogens with zero attached hydrogens (tertiary/aromatic N) is 2. The molecule has 0 radical (unpaired) electrons. The molecule has 1 N–H and O–H groups in total. The lowest BCUT2D eigenvalue weighted by Crippen LogP contribution is -2.03. The van der Waals surface area contributed by atoms with E-state index in [0.717, 1.165) is 47.2 Å². The van der Waals surface area contributed by atoms with E-state index in [0.29, 0.717) is 5.92 Å². The quantitative estimate of drug-likeness (QED) is 0.923. The molecule has 1 unspecified atom stereocenters. The van der Waals surface area contributed by atoms with E-state index in [4.69, 9.17) is 4.74 Å². The second-order valence-electron chi connectivity index (χ2n) is 4.56. The molecule has 0 saturated carbocycles. The van der Waals surface area contributed by atoms with Crippen LogP contribution in [0.15, 0.2) is 28.2 Å². The number of ether oxygens (including phenoxy) is 1. The van der Waals surface area contributed by atoms with Crippen LogP contribution in [0.3, 0.4) is 0 Å². The minimum atomic E-state index is 0.626. The molecule has 0 aliphatic carbocycles. The lowest BCUT2D eigenvalue weighted by molar-refractivity contribution is 0.185. The molecule has 0 spiro atoms. The van der Waals surface area contributed by atoms with Crippen molar-refractivity contribution in [2.75, 3.05) is 18.5 Å². The first-order valence-corrected chi connectivity index (χ1v) is 7.87. The summed E-state index contributed by atoms with van der Waals surface area (Å²) in [6.07, 6.45) is 3.92. The average molecular weight is 340 g/mol. The van der Waals surface area contributed by atoms with Crippen molar-refractivity contribution in [3.8, 4) is 0 Å². The van der Waals surface area contributed by atoms with Gasteiger partial charge in [-0.05, 0) is 46.8 Å². The van der Waals surface area contributed by atoms with Crippen LogP contribution in [0.5, 0.6) is 0 Å². The molecule has 6 heteroatoms. The minimum Gasteiger partial charge on any atom is -0.381 e. The molecular formula is C13H14BrN3OS. The first-order valence-electron chi connectivity index (χ1n) is 6.20. The molecule has 0 amide bonds. The zero-order chi connectivity index (χ0) is 13.1. The van der Waals surface area contributed by atoms with Crippen molar-refractivity contribution in [2.45, 2.75) is 12.8 Å². The van der Waals surface area contributed by atoms with Crippen LogP contribution in [0.2, 0.25) is 0 Å². The Bertz CT molecular complexity index is 537. The molecule has 1 aliphatic heterocycles. The van der Waals surface area contributed by atoms with E-state index >= 15 is 0 Å². The Morgan fingerprint density at radius 2 is 2.42 bits per heavy atom. The number of hydrogen-bond donors (Lipinski definition) is 1. The number of halogens is 1. The first kappa shape index (κ1) is 13.0. The summed E-state index contributed by atoms with van der Waals surface area (Å²) in [6.45, 7) is 1.76. The van der Waals surface area contributed by atoms with Gasteiger partial charge in [0, 0.05) is 29.3 Å². The fourth-order valence-electron chi connectivity index (χ4n) is 2.06. The van der Waals surface area contributed by atoms with Gasteiger partial charge in [-0.25, -0.2) is 9.97 Å². The van der Waals surface area contributed by atoms with Crippen molar-refractivity contribution >= 4 is 38.2 Å². The van der Waals surface area contributed by atoms with Gasteiger partial charge < -0.3 is 10.1 Å². The number of aromatic nitrogens is 2. The van der Waals surface area contributed by atoms with Crippen LogP contribution >= 0.6 is 27.3 Å². The molecule has 100 valence electrons. The molecule has 1 fully saturated rings.